The smallest absolute Gasteiger partial charge is 0.416 e. The highest BCUT2D eigenvalue weighted by Gasteiger charge is 2.30. The molecule has 0 fully saturated rings. The summed E-state index contributed by atoms with van der Waals surface area (Å²) in [5.74, 6) is 0.909. The number of rotatable bonds is 6. The number of alkyl halides is 3. The molecular formula is C25H17ClF3NO4. The second-order valence-corrected chi connectivity index (χ2v) is 7.63. The maximum absolute atomic E-state index is 12.9. The van der Waals surface area contributed by atoms with Gasteiger partial charge in [0.1, 0.15) is 29.6 Å². The fourth-order valence-electron chi connectivity index (χ4n) is 3.19. The van der Waals surface area contributed by atoms with Crippen molar-refractivity contribution in [3.05, 3.63) is 94.9 Å². The lowest BCUT2D eigenvalue weighted by atomic mass is 10.1. The monoisotopic (exact) mass is 487 g/mol. The molecule has 2 aromatic heterocycles. The van der Waals surface area contributed by atoms with Gasteiger partial charge in [-0.3, -0.25) is 4.79 Å². The third-order valence-electron chi connectivity index (χ3n) is 4.82. The molecule has 4 rings (SSSR count). The van der Waals surface area contributed by atoms with Gasteiger partial charge in [-0.05, 0) is 60.7 Å². The van der Waals surface area contributed by atoms with Crippen molar-refractivity contribution in [3.8, 4) is 22.6 Å². The van der Waals surface area contributed by atoms with Gasteiger partial charge in [0.05, 0.1) is 10.6 Å². The van der Waals surface area contributed by atoms with Crippen LogP contribution in [-0.4, -0.2) is 11.0 Å². The summed E-state index contributed by atoms with van der Waals surface area (Å²) >= 11 is 6.22. The summed E-state index contributed by atoms with van der Waals surface area (Å²) in [7, 11) is 0. The van der Waals surface area contributed by atoms with Crippen LogP contribution in [0.1, 0.15) is 17.1 Å². The van der Waals surface area contributed by atoms with E-state index in [9.17, 15) is 18.0 Å². The van der Waals surface area contributed by atoms with E-state index < -0.39 is 17.6 Å². The third kappa shape index (κ3) is 5.41. The number of hydrogen-bond donors (Lipinski definition) is 2. The van der Waals surface area contributed by atoms with Crippen LogP contribution in [0.5, 0.6) is 0 Å². The van der Waals surface area contributed by atoms with Crippen molar-refractivity contribution in [3.63, 3.8) is 0 Å². The molecule has 2 aromatic carbocycles. The Morgan fingerprint density at radius 1 is 1.00 bits per heavy atom. The minimum Gasteiger partial charge on any atom is -0.459 e. The fraction of sp³-hybridized carbons (Fsp3) is 0.0800. The van der Waals surface area contributed by atoms with E-state index in [0.29, 0.717) is 33.6 Å². The molecule has 0 atom stereocenters. The maximum atomic E-state index is 12.9. The number of nitrogens with one attached hydrogen (secondary N) is 1. The van der Waals surface area contributed by atoms with Crippen LogP contribution in [0.15, 0.2) is 81.6 Å². The zero-order valence-corrected chi connectivity index (χ0v) is 18.2. The molecule has 0 aliphatic carbocycles. The van der Waals surface area contributed by atoms with Crippen LogP contribution in [0.3, 0.4) is 0 Å². The van der Waals surface area contributed by atoms with E-state index in [1.54, 1.807) is 36.4 Å². The van der Waals surface area contributed by atoms with Gasteiger partial charge in [0, 0.05) is 22.9 Å². The zero-order valence-electron chi connectivity index (χ0n) is 17.4. The Balaban J connectivity index is 1.45. The molecule has 34 heavy (non-hydrogen) atoms. The molecule has 2 heterocycles. The Hall–Kier alpha value is -3.75. The number of aliphatic hydroxyl groups is 1. The minimum absolute atomic E-state index is 0.245. The predicted octanol–water partition coefficient (Wildman–Crippen LogP) is 7.02. The number of furan rings is 2. The lowest BCUT2D eigenvalue weighted by molar-refractivity contribution is -0.137. The third-order valence-corrected chi connectivity index (χ3v) is 5.15. The molecule has 0 unspecified atom stereocenters. The molecule has 0 saturated heterocycles. The van der Waals surface area contributed by atoms with E-state index in [0.717, 1.165) is 12.1 Å². The van der Waals surface area contributed by atoms with Crippen molar-refractivity contribution >= 4 is 29.3 Å². The molecule has 0 aliphatic heterocycles. The largest absolute Gasteiger partial charge is 0.459 e. The molecule has 5 nitrogen and oxygen atoms in total. The lowest BCUT2D eigenvalue weighted by Gasteiger charge is -2.07. The number of aliphatic hydroxyl groups excluding tert-OH is 1. The Morgan fingerprint density at radius 3 is 2.53 bits per heavy atom. The van der Waals surface area contributed by atoms with Gasteiger partial charge >= 0.3 is 6.18 Å². The average Bonchev–Trinajstić information content (AvgIpc) is 3.48. The van der Waals surface area contributed by atoms with Crippen LogP contribution < -0.4 is 5.32 Å². The summed E-state index contributed by atoms with van der Waals surface area (Å²) in [4.78, 5) is 12.3. The van der Waals surface area contributed by atoms with Crippen LogP contribution in [-0.2, 0) is 17.6 Å². The summed E-state index contributed by atoms with van der Waals surface area (Å²) in [6.07, 6.45) is -1.81. The van der Waals surface area contributed by atoms with Gasteiger partial charge in [-0.2, -0.15) is 13.2 Å². The Kier molecular flexibility index (Phi) is 6.63. The minimum atomic E-state index is -4.46. The van der Waals surface area contributed by atoms with Crippen molar-refractivity contribution < 1.29 is 31.9 Å². The molecule has 0 saturated carbocycles. The van der Waals surface area contributed by atoms with Gasteiger partial charge in [0.2, 0.25) is 5.91 Å². The highest BCUT2D eigenvalue weighted by atomic mass is 35.5. The molecule has 0 bridgehead atoms. The van der Waals surface area contributed by atoms with Crippen molar-refractivity contribution in [1.29, 1.82) is 0 Å². The molecule has 1 amide bonds. The first-order valence-electron chi connectivity index (χ1n) is 9.99. The predicted molar refractivity (Wildman–Crippen MR) is 122 cm³/mol. The van der Waals surface area contributed by atoms with Gasteiger partial charge in [0.25, 0.3) is 0 Å². The number of halogens is 4. The molecule has 0 aliphatic rings. The highest BCUT2D eigenvalue weighted by molar-refractivity contribution is 6.33. The highest BCUT2D eigenvalue weighted by Crippen LogP contribution is 2.33. The van der Waals surface area contributed by atoms with Gasteiger partial charge in [0.15, 0.2) is 0 Å². The molecule has 0 radical (unpaired) electrons. The topological polar surface area (TPSA) is 75.6 Å². The van der Waals surface area contributed by atoms with E-state index in [1.165, 1.54) is 30.4 Å². The van der Waals surface area contributed by atoms with E-state index in [2.05, 4.69) is 5.32 Å². The number of carbonyl (C=O) groups is 1. The number of anilines is 1. The first kappa shape index (κ1) is 23.4. The number of benzene rings is 2. The summed E-state index contributed by atoms with van der Waals surface area (Å²) < 4.78 is 49.8. The number of amides is 1. The molecule has 174 valence electrons. The molecular weight excluding hydrogens is 471 g/mol. The van der Waals surface area contributed by atoms with Crippen molar-refractivity contribution in [2.24, 2.45) is 0 Å². The second kappa shape index (κ2) is 9.62. The van der Waals surface area contributed by atoms with Crippen molar-refractivity contribution in [1.82, 2.24) is 0 Å². The van der Waals surface area contributed by atoms with E-state index in [4.69, 9.17) is 25.5 Å². The molecule has 9 heteroatoms. The summed E-state index contributed by atoms with van der Waals surface area (Å²) in [5.41, 5.74) is 0.497. The number of hydrogen-bond acceptors (Lipinski definition) is 4. The number of carbonyl (C=O) groups excluding carboxylic acids is 1. The fourth-order valence-corrected chi connectivity index (χ4v) is 3.40. The van der Waals surface area contributed by atoms with Gasteiger partial charge < -0.3 is 19.3 Å². The van der Waals surface area contributed by atoms with Gasteiger partial charge in [-0.1, -0.05) is 23.7 Å². The summed E-state index contributed by atoms with van der Waals surface area (Å²) in [5, 5.41) is 12.3. The first-order chi connectivity index (χ1) is 16.2. The quantitative estimate of drug-likeness (QED) is 0.286. The van der Waals surface area contributed by atoms with Crippen LogP contribution in [0, 0.1) is 0 Å². The van der Waals surface area contributed by atoms with Crippen LogP contribution in [0.2, 0.25) is 5.02 Å². The zero-order chi connectivity index (χ0) is 24.3. The van der Waals surface area contributed by atoms with Crippen LogP contribution >= 0.6 is 11.6 Å². The van der Waals surface area contributed by atoms with Crippen LogP contribution in [0.25, 0.3) is 28.7 Å². The van der Waals surface area contributed by atoms with Crippen LogP contribution in [0.4, 0.5) is 18.9 Å². The Bertz CT molecular complexity index is 1350. The summed E-state index contributed by atoms with van der Waals surface area (Å²) in [6.45, 7) is -0.249. The standard InChI is InChI=1S/C25H17ClF3NO4/c26-21-8-4-17(13-20(21)23-10-6-19(14-31)34-23)30-24(32)11-7-18-5-9-22(33-18)15-2-1-3-16(12-15)25(27,28)29/h1-13,31H,14H2,(H,30,32)/b11-7+. The van der Waals surface area contributed by atoms with Crippen molar-refractivity contribution in [2.75, 3.05) is 5.32 Å². The van der Waals surface area contributed by atoms with E-state index in [1.807, 2.05) is 0 Å². The average molecular weight is 488 g/mol. The SMILES string of the molecule is O=C(/C=C/c1ccc(-c2cccc(C(F)(F)F)c2)o1)Nc1ccc(Cl)c(-c2ccc(CO)o2)c1. The Labute approximate surface area is 197 Å². The van der Waals surface area contributed by atoms with E-state index in [-0.39, 0.29) is 17.9 Å². The van der Waals surface area contributed by atoms with Crippen molar-refractivity contribution in [2.45, 2.75) is 12.8 Å². The van der Waals surface area contributed by atoms with E-state index >= 15 is 0 Å². The van der Waals surface area contributed by atoms with Gasteiger partial charge in [-0.25, -0.2) is 0 Å². The Morgan fingerprint density at radius 2 is 1.79 bits per heavy atom. The molecule has 2 N–H and O–H groups in total. The van der Waals surface area contributed by atoms with Gasteiger partial charge in [-0.15, -0.1) is 0 Å². The molecule has 0 spiro atoms. The summed E-state index contributed by atoms with van der Waals surface area (Å²) in [6, 6.07) is 16.0. The second-order valence-electron chi connectivity index (χ2n) is 7.22. The first-order valence-corrected chi connectivity index (χ1v) is 10.4. The molecule has 4 aromatic rings. The normalized spacial score (nSPS) is 11.8. The maximum Gasteiger partial charge on any atom is 0.416 e. The lowest BCUT2D eigenvalue weighted by Crippen LogP contribution is -2.07.